The Morgan fingerprint density at radius 1 is 1.47 bits per heavy atom. The Balaban J connectivity index is 1.97. The Kier molecular flexibility index (Phi) is 4.57. The normalized spacial score (nSPS) is 16.3. The molecule has 1 amide bonds. The third-order valence-corrected chi connectivity index (χ3v) is 4.21. The highest BCUT2D eigenvalue weighted by atomic mass is 32.1. The highest BCUT2D eigenvalue weighted by Crippen LogP contribution is 2.24. The molecule has 1 aromatic heterocycles. The van der Waals surface area contributed by atoms with Crippen molar-refractivity contribution in [3.05, 3.63) is 22.4 Å². The first-order chi connectivity index (χ1) is 8.31. The average molecular weight is 253 g/mol. The standard InChI is InChI=1S/C13H19NO2S/c15-8-7-14(11-4-1-2-5-11)13(16)10-12-6-3-9-17-12/h3,6,9,11,15H,1-2,4-5,7-8,10H2. The maximum atomic E-state index is 12.2. The highest BCUT2D eigenvalue weighted by molar-refractivity contribution is 7.10. The van der Waals surface area contributed by atoms with E-state index in [-0.39, 0.29) is 12.5 Å². The van der Waals surface area contributed by atoms with Crippen LogP contribution in [0.5, 0.6) is 0 Å². The van der Waals surface area contributed by atoms with E-state index in [0.717, 1.165) is 17.7 Å². The lowest BCUT2D eigenvalue weighted by molar-refractivity contribution is -0.133. The molecule has 17 heavy (non-hydrogen) atoms. The molecule has 0 radical (unpaired) electrons. The number of amides is 1. The summed E-state index contributed by atoms with van der Waals surface area (Å²) in [5.41, 5.74) is 0. The quantitative estimate of drug-likeness (QED) is 0.872. The minimum absolute atomic E-state index is 0.0622. The minimum atomic E-state index is 0.0622. The van der Waals surface area contributed by atoms with Crippen LogP contribution in [0, 0.1) is 0 Å². The van der Waals surface area contributed by atoms with Crippen LogP contribution >= 0.6 is 11.3 Å². The van der Waals surface area contributed by atoms with E-state index in [4.69, 9.17) is 5.11 Å². The van der Waals surface area contributed by atoms with Crippen molar-refractivity contribution in [3.63, 3.8) is 0 Å². The lowest BCUT2D eigenvalue weighted by Crippen LogP contribution is -2.41. The molecule has 0 unspecified atom stereocenters. The van der Waals surface area contributed by atoms with Crippen molar-refractivity contribution in [1.82, 2.24) is 4.90 Å². The lowest BCUT2D eigenvalue weighted by Gasteiger charge is -2.28. The molecule has 0 atom stereocenters. The van der Waals surface area contributed by atoms with Crippen LogP contribution in [0.2, 0.25) is 0 Å². The second-order valence-electron chi connectivity index (χ2n) is 4.51. The molecule has 1 aliphatic rings. The molecule has 1 fully saturated rings. The molecule has 0 saturated heterocycles. The van der Waals surface area contributed by atoms with Crippen LogP contribution in [-0.2, 0) is 11.2 Å². The summed E-state index contributed by atoms with van der Waals surface area (Å²) in [6, 6.07) is 4.32. The highest BCUT2D eigenvalue weighted by Gasteiger charge is 2.26. The van der Waals surface area contributed by atoms with Gasteiger partial charge in [0.25, 0.3) is 0 Å². The van der Waals surface area contributed by atoms with E-state index in [1.54, 1.807) is 11.3 Å². The molecule has 0 bridgehead atoms. The molecule has 4 heteroatoms. The van der Waals surface area contributed by atoms with Crippen molar-refractivity contribution in [3.8, 4) is 0 Å². The fourth-order valence-corrected chi connectivity index (χ4v) is 3.19. The fraction of sp³-hybridized carbons (Fsp3) is 0.615. The summed E-state index contributed by atoms with van der Waals surface area (Å²) < 4.78 is 0. The summed E-state index contributed by atoms with van der Waals surface area (Å²) in [5, 5.41) is 11.1. The van der Waals surface area contributed by atoms with Gasteiger partial charge in [-0.1, -0.05) is 18.9 Å². The molecular weight excluding hydrogens is 234 g/mol. The van der Waals surface area contributed by atoms with E-state index in [1.165, 1.54) is 12.8 Å². The van der Waals surface area contributed by atoms with Gasteiger partial charge in [-0.3, -0.25) is 4.79 Å². The zero-order valence-corrected chi connectivity index (χ0v) is 10.8. The maximum Gasteiger partial charge on any atom is 0.228 e. The van der Waals surface area contributed by atoms with Gasteiger partial charge in [-0.25, -0.2) is 0 Å². The Labute approximate surface area is 106 Å². The summed E-state index contributed by atoms with van der Waals surface area (Å²) in [6.45, 7) is 0.543. The van der Waals surface area contributed by atoms with E-state index in [0.29, 0.717) is 19.0 Å². The lowest BCUT2D eigenvalue weighted by atomic mass is 10.2. The van der Waals surface area contributed by atoms with Crippen LogP contribution in [0.4, 0.5) is 0 Å². The second kappa shape index (κ2) is 6.17. The van der Waals surface area contributed by atoms with E-state index in [2.05, 4.69) is 0 Å². The molecule has 1 saturated carbocycles. The predicted molar refractivity (Wildman–Crippen MR) is 69.1 cm³/mol. The SMILES string of the molecule is O=C(Cc1cccs1)N(CCO)C1CCCC1. The van der Waals surface area contributed by atoms with E-state index < -0.39 is 0 Å². The Morgan fingerprint density at radius 2 is 2.24 bits per heavy atom. The molecule has 0 spiro atoms. The summed E-state index contributed by atoms with van der Waals surface area (Å²) >= 11 is 1.62. The first kappa shape index (κ1) is 12.6. The molecule has 1 aliphatic carbocycles. The number of hydrogen-bond donors (Lipinski definition) is 1. The molecule has 2 rings (SSSR count). The van der Waals surface area contributed by atoms with Crippen LogP contribution in [0.3, 0.4) is 0 Å². The molecular formula is C13H19NO2S. The van der Waals surface area contributed by atoms with Gasteiger partial charge in [0.1, 0.15) is 0 Å². The summed E-state index contributed by atoms with van der Waals surface area (Å²) in [4.78, 5) is 15.2. The van der Waals surface area contributed by atoms with Gasteiger partial charge in [0.15, 0.2) is 0 Å². The zero-order valence-electron chi connectivity index (χ0n) is 9.97. The van der Waals surface area contributed by atoms with Crippen molar-refractivity contribution in [2.45, 2.75) is 38.1 Å². The predicted octanol–water partition coefficient (Wildman–Crippen LogP) is 2.05. The van der Waals surface area contributed by atoms with Crippen molar-refractivity contribution < 1.29 is 9.90 Å². The van der Waals surface area contributed by atoms with Crippen LogP contribution in [-0.4, -0.2) is 35.1 Å². The van der Waals surface area contributed by atoms with Gasteiger partial charge in [0.05, 0.1) is 13.0 Å². The topological polar surface area (TPSA) is 40.5 Å². The number of carbonyl (C=O) groups is 1. The Hall–Kier alpha value is -0.870. The van der Waals surface area contributed by atoms with Crippen molar-refractivity contribution in [2.24, 2.45) is 0 Å². The number of aliphatic hydroxyl groups excluding tert-OH is 1. The summed E-state index contributed by atoms with van der Waals surface area (Å²) in [7, 11) is 0. The molecule has 0 aliphatic heterocycles. The van der Waals surface area contributed by atoms with Gasteiger partial charge >= 0.3 is 0 Å². The molecule has 3 nitrogen and oxygen atoms in total. The van der Waals surface area contributed by atoms with Crippen molar-refractivity contribution in [2.75, 3.05) is 13.2 Å². The van der Waals surface area contributed by atoms with Crippen LogP contribution in [0.1, 0.15) is 30.6 Å². The van der Waals surface area contributed by atoms with Crippen LogP contribution in [0.25, 0.3) is 0 Å². The van der Waals surface area contributed by atoms with Gasteiger partial charge in [-0.05, 0) is 24.3 Å². The number of thiophene rings is 1. The van der Waals surface area contributed by atoms with Gasteiger partial charge in [-0.15, -0.1) is 11.3 Å². The summed E-state index contributed by atoms with van der Waals surface area (Å²) in [6.07, 6.45) is 5.08. The van der Waals surface area contributed by atoms with Gasteiger partial charge < -0.3 is 10.0 Å². The smallest absolute Gasteiger partial charge is 0.228 e. The zero-order chi connectivity index (χ0) is 12.1. The Bertz CT molecular complexity index is 344. The fourth-order valence-electron chi connectivity index (χ4n) is 2.50. The van der Waals surface area contributed by atoms with Crippen molar-refractivity contribution >= 4 is 17.2 Å². The first-order valence-electron chi connectivity index (χ1n) is 6.24. The molecule has 94 valence electrons. The summed E-state index contributed by atoms with van der Waals surface area (Å²) in [5.74, 6) is 0.161. The first-order valence-corrected chi connectivity index (χ1v) is 7.12. The van der Waals surface area contributed by atoms with Gasteiger partial charge in [-0.2, -0.15) is 0 Å². The van der Waals surface area contributed by atoms with Crippen molar-refractivity contribution in [1.29, 1.82) is 0 Å². The van der Waals surface area contributed by atoms with E-state index >= 15 is 0 Å². The molecule has 1 aromatic rings. The molecule has 1 heterocycles. The third kappa shape index (κ3) is 3.30. The monoisotopic (exact) mass is 253 g/mol. The Morgan fingerprint density at radius 3 is 2.82 bits per heavy atom. The minimum Gasteiger partial charge on any atom is -0.395 e. The molecule has 1 N–H and O–H groups in total. The number of carbonyl (C=O) groups excluding carboxylic acids is 1. The number of rotatable bonds is 5. The van der Waals surface area contributed by atoms with E-state index in [1.807, 2.05) is 22.4 Å². The third-order valence-electron chi connectivity index (χ3n) is 3.33. The van der Waals surface area contributed by atoms with Gasteiger partial charge in [0.2, 0.25) is 5.91 Å². The van der Waals surface area contributed by atoms with Gasteiger partial charge in [0, 0.05) is 17.5 Å². The number of aliphatic hydroxyl groups is 1. The average Bonchev–Trinajstić information content (AvgIpc) is 2.97. The van der Waals surface area contributed by atoms with Crippen LogP contribution in [0.15, 0.2) is 17.5 Å². The number of hydrogen-bond acceptors (Lipinski definition) is 3. The van der Waals surface area contributed by atoms with Crippen LogP contribution < -0.4 is 0 Å². The van der Waals surface area contributed by atoms with E-state index in [9.17, 15) is 4.79 Å². The maximum absolute atomic E-state index is 12.2. The largest absolute Gasteiger partial charge is 0.395 e. The number of nitrogens with zero attached hydrogens (tertiary/aromatic N) is 1. The molecule has 0 aromatic carbocycles. The second-order valence-corrected chi connectivity index (χ2v) is 5.54.